The standard InChI is InChI=1S/C6H5.C2H3.BrH.Mg/c1-2-4-6-5-3-1;1-2;;/h1-5H;1H,2H2;1H;/q2*-1;;+2. The third-order valence-corrected chi connectivity index (χ3v) is 0.607. The van der Waals surface area contributed by atoms with Gasteiger partial charge in [-0.1, -0.05) is 0 Å². The summed E-state index contributed by atoms with van der Waals surface area (Å²) >= 11 is 0. The van der Waals surface area contributed by atoms with Gasteiger partial charge in [0.1, 0.15) is 0 Å². The molecule has 1 aromatic carbocycles. The molecule has 0 aliphatic heterocycles. The number of hydrogen-bond acceptors (Lipinski definition) is 0. The van der Waals surface area contributed by atoms with Gasteiger partial charge in [0, 0.05) is 0 Å². The normalized spacial score (nSPS) is 5.20. The van der Waals surface area contributed by atoms with Gasteiger partial charge < -0.3 is 6.58 Å². The fourth-order valence-electron chi connectivity index (χ4n) is 0.342. The number of benzene rings is 1. The third kappa shape index (κ3) is 11.1. The van der Waals surface area contributed by atoms with Gasteiger partial charge in [0.2, 0.25) is 0 Å². The van der Waals surface area contributed by atoms with Crippen LogP contribution < -0.4 is 0 Å². The molecule has 0 unspecified atom stereocenters. The van der Waals surface area contributed by atoms with Gasteiger partial charge in [-0.2, -0.15) is 36.4 Å². The van der Waals surface area contributed by atoms with Crippen molar-refractivity contribution in [3.63, 3.8) is 0 Å². The Bertz CT molecular complexity index is 92.1. The van der Waals surface area contributed by atoms with Crippen LogP contribution in [0.25, 0.3) is 0 Å². The quantitative estimate of drug-likeness (QED) is 0.454. The molecule has 0 fully saturated rings. The molecule has 50 valence electrons. The third-order valence-electron chi connectivity index (χ3n) is 0.607. The molecule has 0 nitrogen and oxygen atoms in total. The van der Waals surface area contributed by atoms with Crippen LogP contribution in [0.2, 0.25) is 0 Å². The second-order valence-corrected chi connectivity index (χ2v) is 1.08. The van der Waals surface area contributed by atoms with E-state index in [1.54, 1.807) is 0 Å². The van der Waals surface area contributed by atoms with Crippen molar-refractivity contribution in [1.29, 1.82) is 0 Å². The Kier molecular flexibility index (Phi) is 26.8. The maximum absolute atomic E-state index is 4.25. The minimum Gasteiger partial charge on any atom is -0.521 e. The average Bonchev–Trinajstić information content (AvgIpc) is 1.96. The summed E-state index contributed by atoms with van der Waals surface area (Å²) in [5.41, 5.74) is 0. The van der Waals surface area contributed by atoms with Crippen LogP contribution in [0.15, 0.2) is 36.9 Å². The first kappa shape index (κ1) is 16.7. The van der Waals surface area contributed by atoms with Crippen LogP contribution in [0.4, 0.5) is 0 Å². The van der Waals surface area contributed by atoms with Crippen molar-refractivity contribution in [2.24, 2.45) is 0 Å². The molecule has 0 N–H and O–H groups in total. The van der Waals surface area contributed by atoms with Gasteiger partial charge in [0.15, 0.2) is 0 Å². The average molecular weight is 209 g/mol. The fourth-order valence-corrected chi connectivity index (χ4v) is 0.342. The Morgan fingerprint density at radius 3 is 1.50 bits per heavy atom. The van der Waals surface area contributed by atoms with E-state index in [-0.39, 0.29) is 40.0 Å². The Morgan fingerprint density at radius 2 is 1.40 bits per heavy atom. The molecule has 0 aliphatic carbocycles. The van der Waals surface area contributed by atoms with Crippen molar-refractivity contribution in [3.8, 4) is 0 Å². The molecular formula is C8H9BrMg. The molecule has 0 heterocycles. The summed E-state index contributed by atoms with van der Waals surface area (Å²) in [6.45, 7) is 7.00. The van der Waals surface area contributed by atoms with E-state index in [0.29, 0.717) is 0 Å². The Morgan fingerprint density at radius 1 is 1.00 bits per heavy atom. The number of halogens is 1. The summed E-state index contributed by atoms with van der Waals surface area (Å²) in [6, 6.07) is 12.5. The van der Waals surface area contributed by atoms with Gasteiger partial charge in [0.25, 0.3) is 0 Å². The van der Waals surface area contributed by atoms with Crippen molar-refractivity contribution < 1.29 is 0 Å². The molecular weight excluding hydrogens is 200 g/mol. The van der Waals surface area contributed by atoms with Crippen molar-refractivity contribution in [1.82, 2.24) is 0 Å². The maximum Gasteiger partial charge on any atom is 2.00 e. The van der Waals surface area contributed by atoms with E-state index in [1.807, 2.05) is 30.3 Å². The van der Waals surface area contributed by atoms with Gasteiger partial charge >= 0.3 is 23.1 Å². The molecule has 1 rings (SSSR count). The van der Waals surface area contributed by atoms with E-state index >= 15 is 0 Å². The minimum atomic E-state index is 0. The Labute approximate surface area is 89.3 Å². The van der Waals surface area contributed by atoms with E-state index in [4.69, 9.17) is 0 Å². The predicted molar refractivity (Wildman–Crippen MR) is 51.3 cm³/mol. The van der Waals surface area contributed by atoms with Crippen LogP contribution >= 0.6 is 17.0 Å². The molecule has 0 spiro atoms. The maximum atomic E-state index is 4.25. The Balaban J connectivity index is -0.000000114. The van der Waals surface area contributed by atoms with Gasteiger partial charge in [-0.3, -0.25) is 6.58 Å². The molecule has 0 atom stereocenters. The van der Waals surface area contributed by atoms with Gasteiger partial charge in [-0.15, -0.1) is 17.0 Å². The van der Waals surface area contributed by atoms with Crippen molar-refractivity contribution in [2.45, 2.75) is 0 Å². The predicted octanol–water partition coefficient (Wildman–Crippen LogP) is 2.29. The summed E-state index contributed by atoms with van der Waals surface area (Å²) < 4.78 is 0. The zero-order chi connectivity index (χ0) is 6.24. The zero-order valence-corrected chi connectivity index (χ0v) is 8.91. The minimum absolute atomic E-state index is 0. The molecule has 0 amide bonds. The van der Waals surface area contributed by atoms with Gasteiger partial charge in [0.05, 0.1) is 0 Å². The number of hydrogen-bond donors (Lipinski definition) is 0. The van der Waals surface area contributed by atoms with Crippen molar-refractivity contribution in [2.75, 3.05) is 0 Å². The van der Waals surface area contributed by atoms with E-state index in [2.05, 4.69) is 19.2 Å². The summed E-state index contributed by atoms with van der Waals surface area (Å²) in [7, 11) is 0. The van der Waals surface area contributed by atoms with E-state index < -0.39 is 0 Å². The van der Waals surface area contributed by atoms with Gasteiger partial charge in [-0.25, -0.2) is 0 Å². The molecule has 0 bridgehead atoms. The van der Waals surface area contributed by atoms with Crippen LogP contribution in [-0.2, 0) is 0 Å². The SMILES string of the molecule is Br.[CH-]=C.[Mg+2].[c-]1ccccc1. The van der Waals surface area contributed by atoms with E-state index in [0.717, 1.165) is 0 Å². The zero-order valence-electron chi connectivity index (χ0n) is 5.79. The van der Waals surface area contributed by atoms with Crippen LogP contribution in [0.3, 0.4) is 0 Å². The largest absolute Gasteiger partial charge is 2.00 e. The molecule has 1 aromatic rings. The monoisotopic (exact) mass is 208 g/mol. The second kappa shape index (κ2) is 16.1. The Hall–Kier alpha value is 0.206. The molecule has 2 heteroatoms. The molecule has 0 aromatic heterocycles. The second-order valence-electron chi connectivity index (χ2n) is 1.08. The number of rotatable bonds is 0. The fraction of sp³-hybridized carbons (Fsp3) is 0. The topological polar surface area (TPSA) is 0 Å². The van der Waals surface area contributed by atoms with E-state index in [9.17, 15) is 0 Å². The smallest absolute Gasteiger partial charge is 0.521 e. The van der Waals surface area contributed by atoms with Gasteiger partial charge in [-0.05, 0) is 0 Å². The summed E-state index contributed by atoms with van der Waals surface area (Å²) in [4.78, 5) is 0. The van der Waals surface area contributed by atoms with Crippen LogP contribution in [-0.4, -0.2) is 23.1 Å². The first-order valence-corrected chi connectivity index (χ1v) is 2.32. The molecule has 10 heavy (non-hydrogen) atoms. The summed E-state index contributed by atoms with van der Waals surface area (Å²) in [5.74, 6) is 0. The van der Waals surface area contributed by atoms with Crippen LogP contribution in [0, 0.1) is 12.6 Å². The molecule has 0 saturated carbocycles. The van der Waals surface area contributed by atoms with Crippen LogP contribution in [0.5, 0.6) is 0 Å². The van der Waals surface area contributed by atoms with Crippen molar-refractivity contribution >= 4 is 40.0 Å². The first-order chi connectivity index (χ1) is 4.00. The van der Waals surface area contributed by atoms with E-state index in [1.165, 1.54) is 0 Å². The molecule has 0 aliphatic rings. The van der Waals surface area contributed by atoms with Crippen LogP contribution in [0.1, 0.15) is 0 Å². The summed E-state index contributed by atoms with van der Waals surface area (Å²) in [5, 5.41) is 0. The molecule has 0 radical (unpaired) electrons. The molecule has 0 saturated heterocycles. The first-order valence-electron chi connectivity index (χ1n) is 2.32. The van der Waals surface area contributed by atoms with Crippen molar-refractivity contribution in [3.05, 3.63) is 49.6 Å². The summed E-state index contributed by atoms with van der Waals surface area (Å²) in [6.07, 6.45) is 0.